The summed E-state index contributed by atoms with van der Waals surface area (Å²) < 4.78 is 15.4. The predicted molar refractivity (Wildman–Crippen MR) is 131 cm³/mol. The molecule has 0 spiro atoms. The van der Waals surface area contributed by atoms with Crippen LogP contribution in [0.2, 0.25) is 0 Å². The lowest BCUT2D eigenvalue weighted by atomic mass is 10.1. The molecule has 2 N–H and O–H groups in total. The van der Waals surface area contributed by atoms with E-state index >= 15 is 0 Å². The SMILES string of the molecule is CC(C)(C)OC(=O)CC[C@H](N=C=O)C(=O)OC(C)(C)C.CCCCC[C@H](N)C(=O)OC(C)(C)C. The van der Waals surface area contributed by atoms with E-state index in [0.717, 1.165) is 25.7 Å². The maximum Gasteiger partial charge on any atom is 0.332 e. The molecule has 0 heterocycles. The van der Waals surface area contributed by atoms with Crippen molar-refractivity contribution < 1.29 is 33.4 Å². The average molecular weight is 487 g/mol. The highest BCUT2D eigenvalue weighted by Crippen LogP contribution is 2.15. The molecule has 0 saturated carbocycles. The summed E-state index contributed by atoms with van der Waals surface area (Å²) in [5.41, 5.74) is 3.99. The Balaban J connectivity index is 0. The van der Waals surface area contributed by atoms with Crippen LogP contribution in [0.4, 0.5) is 0 Å². The van der Waals surface area contributed by atoms with Crippen molar-refractivity contribution in [1.29, 1.82) is 0 Å². The Hall–Kier alpha value is -2.25. The number of esters is 3. The Bertz CT molecular complexity index is 679. The molecule has 0 aliphatic carbocycles. The Morgan fingerprint density at radius 1 is 0.794 bits per heavy atom. The number of aliphatic imine (C=N–C) groups is 1. The van der Waals surface area contributed by atoms with Gasteiger partial charge < -0.3 is 19.9 Å². The van der Waals surface area contributed by atoms with Crippen molar-refractivity contribution in [2.24, 2.45) is 10.7 Å². The van der Waals surface area contributed by atoms with E-state index in [0.29, 0.717) is 0 Å². The maximum absolute atomic E-state index is 11.8. The summed E-state index contributed by atoms with van der Waals surface area (Å²) in [4.78, 5) is 48.5. The van der Waals surface area contributed by atoms with E-state index in [-0.39, 0.29) is 18.8 Å². The number of unbranched alkanes of at least 4 members (excludes halogenated alkanes) is 2. The number of ether oxygens (including phenoxy) is 3. The third-order valence-electron chi connectivity index (χ3n) is 3.76. The van der Waals surface area contributed by atoms with Crippen LogP contribution in [0.5, 0.6) is 0 Å². The van der Waals surface area contributed by atoms with Crippen LogP contribution in [-0.4, -0.2) is 52.9 Å². The van der Waals surface area contributed by atoms with Crippen LogP contribution in [0, 0.1) is 0 Å². The van der Waals surface area contributed by atoms with Crippen LogP contribution >= 0.6 is 0 Å². The Morgan fingerprint density at radius 2 is 1.26 bits per heavy atom. The largest absolute Gasteiger partial charge is 0.460 e. The van der Waals surface area contributed by atoms with Gasteiger partial charge in [-0.15, -0.1) is 0 Å². The first-order valence-corrected chi connectivity index (χ1v) is 11.8. The number of carbonyl (C=O) groups excluding carboxylic acids is 4. The van der Waals surface area contributed by atoms with Crippen LogP contribution in [0.25, 0.3) is 0 Å². The van der Waals surface area contributed by atoms with Gasteiger partial charge in [-0.2, -0.15) is 4.99 Å². The van der Waals surface area contributed by atoms with Crippen LogP contribution in [0.1, 0.15) is 108 Å². The normalized spacial score (nSPS) is 13.4. The minimum Gasteiger partial charge on any atom is -0.460 e. The molecule has 0 fully saturated rings. The number of isocyanates is 1. The molecule has 0 unspecified atom stereocenters. The number of carbonyl (C=O) groups is 3. The second-order valence-corrected chi connectivity index (χ2v) is 11.0. The van der Waals surface area contributed by atoms with Crippen molar-refractivity contribution in [3.63, 3.8) is 0 Å². The van der Waals surface area contributed by atoms with Crippen molar-refractivity contribution in [2.45, 2.75) is 137 Å². The summed E-state index contributed by atoms with van der Waals surface area (Å²) >= 11 is 0. The zero-order chi connectivity index (χ0) is 27.2. The lowest BCUT2D eigenvalue weighted by Crippen LogP contribution is -2.37. The number of nitrogens with two attached hydrogens (primary N) is 1. The zero-order valence-corrected chi connectivity index (χ0v) is 22.8. The fourth-order valence-electron chi connectivity index (χ4n) is 2.43. The molecule has 0 aromatic heterocycles. The van der Waals surface area contributed by atoms with E-state index in [1.807, 2.05) is 20.8 Å². The monoisotopic (exact) mass is 486 g/mol. The Morgan fingerprint density at radius 3 is 1.68 bits per heavy atom. The fourth-order valence-corrected chi connectivity index (χ4v) is 2.43. The smallest absolute Gasteiger partial charge is 0.332 e. The van der Waals surface area contributed by atoms with Gasteiger partial charge in [-0.3, -0.25) is 9.59 Å². The highest BCUT2D eigenvalue weighted by atomic mass is 16.6. The molecule has 9 nitrogen and oxygen atoms in total. The lowest BCUT2D eigenvalue weighted by molar-refractivity contribution is -0.158. The van der Waals surface area contributed by atoms with E-state index in [4.69, 9.17) is 19.9 Å². The van der Waals surface area contributed by atoms with Crippen LogP contribution in [0.15, 0.2) is 4.99 Å². The lowest BCUT2D eigenvalue weighted by Gasteiger charge is -2.22. The van der Waals surface area contributed by atoms with Gasteiger partial charge in [0.2, 0.25) is 6.08 Å². The molecule has 0 radical (unpaired) electrons. The van der Waals surface area contributed by atoms with E-state index < -0.39 is 40.8 Å². The van der Waals surface area contributed by atoms with Crippen LogP contribution < -0.4 is 5.73 Å². The third-order valence-corrected chi connectivity index (χ3v) is 3.76. The van der Waals surface area contributed by atoms with Gasteiger partial charge in [0.05, 0.1) is 0 Å². The number of hydrogen-bond donors (Lipinski definition) is 1. The molecule has 2 atom stereocenters. The van der Waals surface area contributed by atoms with Gasteiger partial charge in [0, 0.05) is 6.42 Å². The van der Waals surface area contributed by atoms with Gasteiger partial charge in [0.15, 0.2) is 6.04 Å². The molecule has 9 heteroatoms. The van der Waals surface area contributed by atoms with Crippen molar-refractivity contribution >= 4 is 24.0 Å². The van der Waals surface area contributed by atoms with Gasteiger partial charge in [-0.1, -0.05) is 26.2 Å². The highest BCUT2D eigenvalue weighted by molar-refractivity contribution is 5.78. The van der Waals surface area contributed by atoms with Gasteiger partial charge in [-0.05, 0) is 75.2 Å². The van der Waals surface area contributed by atoms with Crippen LogP contribution in [0.3, 0.4) is 0 Å². The number of rotatable bonds is 10. The molecule has 0 aliphatic rings. The summed E-state index contributed by atoms with van der Waals surface area (Å²) in [6.07, 6.45) is 5.34. The number of nitrogens with zero attached hydrogens (tertiary/aromatic N) is 1. The van der Waals surface area contributed by atoms with Gasteiger partial charge in [0.25, 0.3) is 0 Å². The first-order valence-electron chi connectivity index (χ1n) is 11.8. The summed E-state index contributed by atoms with van der Waals surface area (Å²) in [6.45, 7) is 18.1. The van der Waals surface area contributed by atoms with Crippen molar-refractivity contribution in [1.82, 2.24) is 0 Å². The first-order chi connectivity index (χ1) is 15.3. The summed E-state index contributed by atoms with van der Waals surface area (Å²) in [5.74, 6) is -1.38. The molecule has 0 rings (SSSR count). The Kier molecular flexibility index (Phi) is 15.6. The second kappa shape index (κ2) is 15.6. The highest BCUT2D eigenvalue weighted by Gasteiger charge is 2.26. The zero-order valence-electron chi connectivity index (χ0n) is 22.8. The summed E-state index contributed by atoms with van der Waals surface area (Å²) in [6, 6.07) is -1.49. The van der Waals surface area contributed by atoms with Crippen molar-refractivity contribution in [2.75, 3.05) is 0 Å². The molecular formula is C25H46N2O7. The summed E-state index contributed by atoms with van der Waals surface area (Å²) in [5, 5.41) is 0. The molecule has 34 heavy (non-hydrogen) atoms. The number of hydrogen-bond acceptors (Lipinski definition) is 9. The standard InChI is InChI=1S/C14H23NO5.C11H23NO2/c1-13(2,3)19-11(17)8-7-10(15-9-16)12(18)20-14(4,5)6;1-5-6-7-8-9(12)10(13)14-11(2,3)4/h10H,7-8H2,1-6H3;9H,5-8,12H2,1-4H3/t10-;9-/m00/s1. The average Bonchev–Trinajstić information content (AvgIpc) is 2.61. The topological polar surface area (TPSA) is 134 Å². The quantitative estimate of drug-likeness (QED) is 0.158. The van der Waals surface area contributed by atoms with Crippen LogP contribution in [-0.2, 0) is 33.4 Å². The van der Waals surface area contributed by atoms with Gasteiger partial charge in [-0.25, -0.2) is 9.59 Å². The molecule has 0 aliphatic heterocycles. The second-order valence-electron chi connectivity index (χ2n) is 11.0. The molecule has 198 valence electrons. The van der Waals surface area contributed by atoms with Crippen molar-refractivity contribution in [3.05, 3.63) is 0 Å². The van der Waals surface area contributed by atoms with Crippen molar-refractivity contribution in [3.8, 4) is 0 Å². The molecule has 0 bridgehead atoms. The third kappa shape index (κ3) is 21.6. The molecule has 0 aromatic carbocycles. The first kappa shape index (κ1) is 33.9. The van der Waals surface area contributed by atoms with E-state index in [9.17, 15) is 19.2 Å². The minimum absolute atomic E-state index is 0.0215. The molecule has 0 saturated heterocycles. The van der Waals surface area contributed by atoms with E-state index in [1.165, 1.54) is 6.08 Å². The van der Waals surface area contributed by atoms with E-state index in [2.05, 4.69) is 11.9 Å². The fraction of sp³-hybridized carbons (Fsp3) is 0.840. The molecule has 0 amide bonds. The predicted octanol–water partition coefficient (Wildman–Crippen LogP) is 4.39. The minimum atomic E-state index is -1.03. The van der Waals surface area contributed by atoms with E-state index in [1.54, 1.807) is 41.5 Å². The Labute approximate surface area is 205 Å². The molecular weight excluding hydrogens is 440 g/mol. The molecule has 0 aromatic rings. The summed E-state index contributed by atoms with van der Waals surface area (Å²) in [7, 11) is 0. The maximum atomic E-state index is 11.8. The van der Waals surface area contributed by atoms with Gasteiger partial charge in [0.1, 0.15) is 22.8 Å². The van der Waals surface area contributed by atoms with Gasteiger partial charge >= 0.3 is 17.9 Å².